The summed E-state index contributed by atoms with van der Waals surface area (Å²) in [5, 5.41) is 5.02. The van der Waals surface area contributed by atoms with Gasteiger partial charge in [0.15, 0.2) is 6.61 Å². The van der Waals surface area contributed by atoms with Crippen molar-refractivity contribution in [2.75, 3.05) is 31.1 Å². The fraction of sp³-hybridized carbons (Fsp3) is 0.500. The minimum Gasteiger partial charge on any atom is -0.455 e. The lowest BCUT2D eigenvalue weighted by Crippen LogP contribution is -2.39. The van der Waals surface area contributed by atoms with Crippen LogP contribution in [0, 0.1) is 5.92 Å². The Morgan fingerprint density at radius 2 is 1.89 bits per heavy atom. The molecule has 1 aliphatic rings. The first-order chi connectivity index (χ1) is 13.5. The van der Waals surface area contributed by atoms with Gasteiger partial charge in [0.05, 0.1) is 12.5 Å². The standard InChI is InChI=1S/C20H27N3O5/c1-3-9-21-17(24)11-22-18(25)13-28-20(27)15-10-19(26)23(12-15)16-8-6-5-7-14(16)4-2/h5-8,15H,3-4,9-13H2,1-2H3,(H,21,24)(H,22,25)/t15-/m1/s1. The number of aryl methyl sites for hydroxylation is 1. The third-order valence-corrected chi connectivity index (χ3v) is 4.49. The fourth-order valence-electron chi connectivity index (χ4n) is 2.98. The normalized spacial score (nSPS) is 16.0. The van der Waals surface area contributed by atoms with E-state index in [1.165, 1.54) is 0 Å². The van der Waals surface area contributed by atoms with Crippen molar-refractivity contribution in [2.45, 2.75) is 33.1 Å². The van der Waals surface area contributed by atoms with Crippen LogP contribution in [0.5, 0.6) is 0 Å². The molecule has 1 heterocycles. The summed E-state index contributed by atoms with van der Waals surface area (Å²) in [5.41, 5.74) is 1.84. The predicted octanol–water partition coefficient (Wildman–Crippen LogP) is 0.788. The second-order valence-electron chi connectivity index (χ2n) is 6.62. The van der Waals surface area contributed by atoms with Crippen LogP contribution in [0.25, 0.3) is 0 Å². The Bertz CT molecular complexity index is 734. The van der Waals surface area contributed by atoms with Crippen LogP contribution < -0.4 is 15.5 Å². The van der Waals surface area contributed by atoms with Gasteiger partial charge < -0.3 is 20.3 Å². The van der Waals surface area contributed by atoms with Crippen LogP contribution in [-0.4, -0.2) is 49.9 Å². The molecule has 0 aliphatic carbocycles. The quantitative estimate of drug-likeness (QED) is 0.608. The molecule has 1 fully saturated rings. The van der Waals surface area contributed by atoms with Crippen molar-refractivity contribution in [3.8, 4) is 0 Å². The summed E-state index contributed by atoms with van der Waals surface area (Å²) in [4.78, 5) is 49.4. The summed E-state index contributed by atoms with van der Waals surface area (Å²) in [7, 11) is 0. The highest BCUT2D eigenvalue weighted by Crippen LogP contribution is 2.28. The molecule has 0 saturated carbocycles. The number of nitrogens with one attached hydrogen (secondary N) is 2. The summed E-state index contributed by atoms with van der Waals surface area (Å²) in [6.07, 6.45) is 1.64. The number of hydrogen-bond acceptors (Lipinski definition) is 5. The zero-order valence-corrected chi connectivity index (χ0v) is 16.3. The fourth-order valence-corrected chi connectivity index (χ4v) is 2.98. The maximum atomic E-state index is 12.4. The van der Waals surface area contributed by atoms with Gasteiger partial charge in [0.2, 0.25) is 11.8 Å². The first kappa shape index (κ1) is 21.4. The van der Waals surface area contributed by atoms with Crippen molar-refractivity contribution >= 4 is 29.4 Å². The van der Waals surface area contributed by atoms with Gasteiger partial charge in [0.1, 0.15) is 0 Å². The van der Waals surface area contributed by atoms with Crippen LogP contribution in [0.3, 0.4) is 0 Å². The lowest BCUT2D eigenvalue weighted by molar-refractivity contribution is -0.152. The highest BCUT2D eigenvalue weighted by molar-refractivity contribution is 6.00. The van der Waals surface area contributed by atoms with E-state index in [-0.39, 0.29) is 31.3 Å². The zero-order chi connectivity index (χ0) is 20.5. The van der Waals surface area contributed by atoms with Gasteiger partial charge in [-0.05, 0) is 24.5 Å². The topological polar surface area (TPSA) is 105 Å². The Hall–Kier alpha value is -2.90. The molecule has 3 amide bonds. The number of hydrogen-bond donors (Lipinski definition) is 2. The molecule has 1 aromatic rings. The van der Waals surface area contributed by atoms with Crippen LogP contribution in [-0.2, 0) is 30.3 Å². The third-order valence-electron chi connectivity index (χ3n) is 4.49. The molecule has 8 nitrogen and oxygen atoms in total. The van der Waals surface area contributed by atoms with E-state index in [4.69, 9.17) is 4.74 Å². The van der Waals surface area contributed by atoms with Gasteiger partial charge in [-0.2, -0.15) is 0 Å². The summed E-state index contributed by atoms with van der Waals surface area (Å²) >= 11 is 0. The van der Waals surface area contributed by atoms with Gasteiger partial charge in [0.25, 0.3) is 5.91 Å². The van der Waals surface area contributed by atoms with Gasteiger partial charge in [-0.15, -0.1) is 0 Å². The average molecular weight is 389 g/mol. The summed E-state index contributed by atoms with van der Waals surface area (Å²) in [6, 6.07) is 7.58. The number of esters is 1. The molecule has 0 aromatic heterocycles. The van der Waals surface area contributed by atoms with Gasteiger partial charge in [-0.25, -0.2) is 0 Å². The SMILES string of the molecule is CCCNC(=O)CNC(=O)COC(=O)[C@@H]1CC(=O)N(c2ccccc2CC)C1. The number of carbonyl (C=O) groups excluding carboxylic acids is 4. The minimum absolute atomic E-state index is 0.0535. The largest absolute Gasteiger partial charge is 0.455 e. The molecular formula is C20H27N3O5. The Kier molecular flexibility index (Phi) is 7.98. The van der Waals surface area contributed by atoms with Crippen LogP contribution >= 0.6 is 0 Å². The predicted molar refractivity (Wildman–Crippen MR) is 104 cm³/mol. The monoisotopic (exact) mass is 389 g/mol. The summed E-state index contributed by atoms with van der Waals surface area (Å²) in [6.45, 7) is 4.06. The van der Waals surface area contributed by atoms with Crippen molar-refractivity contribution < 1.29 is 23.9 Å². The molecule has 1 saturated heterocycles. The summed E-state index contributed by atoms with van der Waals surface area (Å²) < 4.78 is 5.03. The maximum absolute atomic E-state index is 12.4. The van der Waals surface area contributed by atoms with Gasteiger partial charge in [-0.1, -0.05) is 32.0 Å². The van der Waals surface area contributed by atoms with Crippen LogP contribution in [0.4, 0.5) is 5.69 Å². The Morgan fingerprint density at radius 3 is 2.61 bits per heavy atom. The molecule has 2 rings (SSSR count). The Labute approximate surface area is 164 Å². The number of carbonyl (C=O) groups is 4. The van der Waals surface area contributed by atoms with Gasteiger partial charge >= 0.3 is 5.97 Å². The number of amides is 3. The smallest absolute Gasteiger partial charge is 0.311 e. The third kappa shape index (κ3) is 5.80. The molecule has 0 spiro atoms. The number of nitrogens with zero attached hydrogens (tertiary/aromatic N) is 1. The molecule has 1 aromatic carbocycles. The number of rotatable bonds is 9. The second kappa shape index (κ2) is 10.4. The minimum atomic E-state index is -0.613. The van der Waals surface area contributed by atoms with Crippen LogP contribution in [0.15, 0.2) is 24.3 Å². The van der Waals surface area contributed by atoms with E-state index >= 15 is 0 Å². The van der Waals surface area contributed by atoms with Crippen molar-refractivity contribution in [3.63, 3.8) is 0 Å². The Morgan fingerprint density at radius 1 is 1.14 bits per heavy atom. The van der Waals surface area contributed by atoms with Gasteiger partial charge in [0, 0.05) is 25.2 Å². The number of benzene rings is 1. The van der Waals surface area contributed by atoms with Crippen LogP contribution in [0.1, 0.15) is 32.3 Å². The number of ether oxygens (including phenoxy) is 1. The number of para-hydroxylation sites is 1. The van der Waals surface area contributed by atoms with E-state index < -0.39 is 24.4 Å². The number of anilines is 1. The maximum Gasteiger partial charge on any atom is 0.311 e. The average Bonchev–Trinajstić information content (AvgIpc) is 3.10. The second-order valence-corrected chi connectivity index (χ2v) is 6.62. The van der Waals surface area contributed by atoms with Crippen molar-refractivity contribution in [3.05, 3.63) is 29.8 Å². The Balaban J connectivity index is 1.81. The van der Waals surface area contributed by atoms with E-state index in [2.05, 4.69) is 10.6 Å². The van der Waals surface area contributed by atoms with Crippen LogP contribution in [0.2, 0.25) is 0 Å². The van der Waals surface area contributed by atoms with E-state index in [1.54, 1.807) is 4.90 Å². The molecule has 8 heteroatoms. The zero-order valence-electron chi connectivity index (χ0n) is 16.3. The van der Waals surface area contributed by atoms with E-state index in [0.29, 0.717) is 6.54 Å². The van der Waals surface area contributed by atoms with Crippen molar-refractivity contribution in [1.29, 1.82) is 0 Å². The molecular weight excluding hydrogens is 362 g/mol. The highest BCUT2D eigenvalue weighted by atomic mass is 16.5. The molecule has 0 unspecified atom stereocenters. The lowest BCUT2D eigenvalue weighted by atomic mass is 10.1. The van der Waals surface area contributed by atoms with E-state index in [1.807, 2.05) is 38.1 Å². The van der Waals surface area contributed by atoms with Crippen molar-refractivity contribution in [1.82, 2.24) is 10.6 Å². The van der Waals surface area contributed by atoms with E-state index in [9.17, 15) is 19.2 Å². The molecule has 2 N–H and O–H groups in total. The summed E-state index contributed by atoms with van der Waals surface area (Å²) in [5.74, 6) is -2.20. The molecule has 0 bridgehead atoms. The molecule has 0 radical (unpaired) electrons. The molecule has 152 valence electrons. The first-order valence-electron chi connectivity index (χ1n) is 9.54. The molecule has 28 heavy (non-hydrogen) atoms. The first-order valence-corrected chi connectivity index (χ1v) is 9.54. The van der Waals surface area contributed by atoms with E-state index in [0.717, 1.165) is 24.1 Å². The molecule has 1 aliphatic heterocycles. The van der Waals surface area contributed by atoms with Gasteiger partial charge in [-0.3, -0.25) is 19.2 Å². The highest BCUT2D eigenvalue weighted by Gasteiger charge is 2.36. The molecule has 1 atom stereocenters. The lowest BCUT2D eigenvalue weighted by Gasteiger charge is -2.19. The van der Waals surface area contributed by atoms with Crippen molar-refractivity contribution in [2.24, 2.45) is 5.92 Å².